The molecule has 0 spiro atoms. The molecule has 0 aromatic heterocycles. The van der Waals surface area contributed by atoms with Gasteiger partial charge in [0, 0.05) is 25.7 Å². The molecule has 2 atom stereocenters. The van der Waals surface area contributed by atoms with Crippen molar-refractivity contribution in [2.24, 2.45) is 0 Å². The minimum atomic E-state index is 0.355. The molecule has 1 aliphatic rings. The number of hydrogen-bond donors (Lipinski definition) is 1. The van der Waals surface area contributed by atoms with E-state index in [-0.39, 0.29) is 0 Å². The standard InChI is InChI=1S/C17H28N2O/c1-4-9-18-17(16-7-5-14(2)6-8-16)13-19-10-11-20-15(3)12-19/h5-8,15,17-18H,4,9-13H2,1-3H3. The molecule has 1 aliphatic heterocycles. The fourth-order valence-electron chi connectivity index (χ4n) is 2.72. The summed E-state index contributed by atoms with van der Waals surface area (Å²) in [6, 6.07) is 9.34. The number of nitrogens with zero attached hydrogens (tertiary/aromatic N) is 1. The monoisotopic (exact) mass is 276 g/mol. The molecule has 112 valence electrons. The van der Waals surface area contributed by atoms with E-state index in [1.807, 2.05) is 0 Å². The highest BCUT2D eigenvalue weighted by molar-refractivity contribution is 5.24. The van der Waals surface area contributed by atoms with Crippen molar-refractivity contribution in [2.75, 3.05) is 32.8 Å². The van der Waals surface area contributed by atoms with Gasteiger partial charge < -0.3 is 10.1 Å². The number of benzene rings is 1. The van der Waals surface area contributed by atoms with E-state index in [4.69, 9.17) is 4.74 Å². The lowest BCUT2D eigenvalue weighted by Crippen LogP contribution is -2.45. The molecule has 0 bridgehead atoms. The van der Waals surface area contributed by atoms with Gasteiger partial charge in [-0.25, -0.2) is 0 Å². The van der Waals surface area contributed by atoms with Gasteiger partial charge in [0.05, 0.1) is 12.7 Å². The summed E-state index contributed by atoms with van der Waals surface area (Å²) < 4.78 is 5.63. The average Bonchev–Trinajstić information content (AvgIpc) is 2.44. The molecule has 2 rings (SSSR count). The van der Waals surface area contributed by atoms with Crippen molar-refractivity contribution < 1.29 is 4.74 Å². The fourth-order valence-corrected chi connectivity index (χ4v) is 2.72. The van der Waals surface area contributed by atoms with Crippen molar-refractivity contribution in [2.45, 2.75) is 39.3 Å². The molecule has 1 saturated heterocycles. The zero-order chi connectivity index (χ0) is 14.4. The van der Waals surface area contributed by atoms with Crippen LogP contribution in [0.1, 0.15) is 37.4 Å². The Bertz CT molecular complexity index is 390. The maximum atomic E-state index is 5.63. The summed E-state index contributed by atoms with van der Waals surface area (Å²) in [6.45, 7) is 11.6. The predicted molar refractivity (Wildman–Crippen MR) is 84.1 cm³/mol. The molecule has 20 heavy (non-hydrogen) atoms. The summed E-state index contributed by atoms with van der Waals surface area (Å²) in [5.74, 6) is 0. The summed E-state index contributed by atoms with van der Waals surface area (Å²) in [7, 11) is 0. The zero-order valence-corrected chi connectivity index (χ0v) is 13.1. The molecule has 0 aliphatic carbocycles. The van der Waals surface area contributed by atoms with E-state index in [1.165, 1.54) is 17.5 Å². The van der Waals surface area contributed by atoms with Crippen LogP contribution in [0.15, 0.2) is 24.3 Å². The molecule has 1 heterocycles. The Hall–Kier alpha value is -0.900. The van der Waals surface area contributed by atoms with E-state index in [0.717, 1.165) is 32.8 Å². The highest BCUT2D eigenvalue weighted by Gasteiger charge is 2.20. The SMILES string of the molecule is CCCNC(CN1CCOC(C)C1)c1ccc(C)cc1. The number of morpholine rings is 1. The number of hydrogen-bond acceptors (Lipinski definition) is 3. The lowest BCUT2D eigenvalue weighted by atomic mass is 10.0. The molecular weight excluding hydrogens is 248 g/mol. The summed E-state index contributed by atoms with van der Waals surface area (Å²) in [5, 5.41) is 3.68. The van der Waals surface area contributed by atoms with Crippen LogP contribution in [-0.4, -0.2) is 43.8 Å². The summed E-state index contributed by atoms with van der Waals surface area (Å²) in [6.07, 6.45) is 1.52. The quantitative estimate of drug-likeness (QED) is 0.864. The van der Waals surface area contributed by atoms with Gasteiger partial charge in [-0.15, -0.1) is 0 Å². The van der Waals surface area contributed by atoms with E-state index in [1.54, 1.807) is 0 Å². The first-order chi connectivity index (χ1) is 9.69. The Labute approximate surface area is 123 Å². The molecular formula is C17H28N2O. The van der Waals surface area contributed by atoms with E-state index < -0.39 is 0 Å². The van der Waals surface area contributed by atoms with Crippen LogP contribution in [0.2, 0.25) is 0 Å². The van der Waals surface area contributed by atoms with Crippen molar-refractivity contribution in [1.82, 2.24) is 10.2 Å². The molecule has 1 N–H and O–H groups in total. The summed E-state index contributed by atoms with van der Waals surface area (Å²) >= 11 is 0. The van der Waals surface area contributed by atoms with Gasteiger partial charge in [0.25, 0.3) is 0 Å². The predicted octanol–water partition coefficient (Wildman–Crippen LogP) is 2.76. The highest BCUT2D eigenvalue weighted by Crippen LogP contribution is 2.17. The van der Waals surface area contributed by atoms with Crippen LogP contribution in [0.3, 0.4) is 0 Å². The molecule has 3 heteroatoms. The van der Waals surface area contributed by atoms with Gasteiger partial charge in [0.15, 0.2) is 0 Å². The maximum absolute atomic E-state index is 5.63. The topological polar surface area (TPSA) is 24.5 Å². The highest BCUT2D eigenvalue weighted by atomic mass is 16.5. The van der Waals surface area contributed by atoms with E-state index in [9.17, 15) is 0 Å². The minimum Gasteiger partial charge on any atom is -0.376 e. The van der Waals surface area contributed by atoms with E-state index >= 15 is 0 Å². The van der Waals surface area contributed by atoms with Crippen molar-refractivity contribution >= 4 is 0 Å². The van der Waals surface area contributed by atoms with Gasteiger partial charge in [0.2, 0.25) is 0 Å². The van der Waals surface area contributed by atoms with Crippen molar-refractivity contribution in [3.05, 3.63) is 35.4 Å². The lowest BCUT2D eigenvalue weighted by molar-refractivity contribution is -0.0211. The third-order valence-electron chi connectivity index (χ3n) is 3.89. The number of ether oxygens (including phenoxy) is 1. The number of rotatable bonds is 6. The second-order valence-corrected chi connectivity index (χ2v) is 5.86. The van der Waals surface area contributed by atoms with Crippen molar-refractivity contribution in [3.63, 3.8) is 0 Å². The smallest absolute Gasteiger partial charge is 0.0674 e. The molecule has 2 unspecified atom stereocenters. The molecule has 1 fully saturated rings. The average molecular weight is 276 g/mol. The third-order valence-corrected chi connectivity index (χ3v) is 3.89. The van der Waals surface area contributed by atoms with Gasteiger partial charge in [0.1, 0.15) is 0 Å². The first kappa shape index (κ1) is 15.5. The minimum absolute atomic E-state index is 0.355. The number of aryl methyl sites for hydroxylation is 1. The zero-order valence-electron chi connectivity index (χ0n) is 13.1. The van der Waals surface area contributed by atoms with Gasteiger partial charge in [-0.05, 0) is 32.4 Å². The first-order valence-corrected chi connectivity index (χ1v) is 7.83. The van der Waals surface area contributed by atoms with Crippen molar-refractivity contribution in [1.29, 1.82) is 0 Å². The van der Waals surface area contributed by atoms with Crippen molar-refractivity contribution in [3.8, 4) is 0 Å². The Balaban J connectivity index is 2.00. The molecule has 0 saturated carbocycles. The Morgan fingerprint density at radius 1 is 1.35 bits per heavy atom. The fraction of sp³-hybridized carbons (Fsp3) is 0.647. The van der Waals surface area contributed by atoms with Gasteiger partial charge in [-0.1, -0.05) is 36.8 Å². The van der Waals surface area contributed by atoms with Crippen LogP contribution < -0.4 is 5.32 Å². The normalized spacial score (nSPS) is 21.9. The Morgan fingerprint density at radius 2 is 2.10 bits per heavy atom. The van der Waals surface area contributed by atoms with Crippen LogP contribution in [-0.2, 0) is 4.74 Å². The van der Waals surface area contributed by atoms with Gasteiger partial charge >= 0.3 is 0 Å². The van der Waals surface area contributed by atoms with Crippen LogP contribution in [0.4, 0.5) is 0 Å². The van der Waals surface area contributed by atoms with Crippen LogP contribution in [0.5, 0.6) is 0 Å². The second-order valence-electron chi connectivity index (χ2n) is 5.86. The van der Waals surface area contributed by atoms with E-state index in [2.05, 4.69) is 55.3 Å². The first-order valence-electron chi connectivity index (χ1n) is 7.83. The lowest BCUT2D eigenvalue weighted by Gasteiger charge is -2.34. The van der Waals surface area contributed by atoms with E-state index in [0.29, 0.717) is 12.1 Å². The molecule has 0 radical (unpaired) electrons. The van der Waals surface area contributed by atoms with Gasteiger partial charge in [-0.2, -0.15) is 0 Å². The van der Waals surface area contributed by atoms with Crippen LogP contribution in [0.25, 0.3) is 0 Å². The van der Waals surface area contributed by atoms with Crippen LogP contribution in [0, 0.1) is 6.92 Å². The largest absolute Gasteiger partial charge is 0.376 e. The third kappa shape index (κ3) is 4.58. The summed E-state index contributed by atoms with van der Waals surface area (Å²) in [4.78, 5) is 2.52. The summed E-state index contributed by atoms with van der Waals surface area (Å²) in [5.41, 5.74) is 2.71. The Morgan fingerprint density at radius 3 is 2.75 bits per heavy atom. The molecule has 3 nitrogen and oxygen atoms in total. The molecule has 0 amide bonds. The number of nitrogens with one attached hydrogen (secondary N) is 1. The Kier molecular flexibility index (Phi) is 6.02. The maximum Gasteiger partial charge on any atom is 0.0674 e. The molecule has 1 aromatic rings. The van der Waals surface area contributed by atoms with Crippen LogP contribution >= 0.6 is 0 Å². The van der Waals surface area contributed by atoms with Gasteiger partial charge in [-0.3, -0.25) is 4.90 Å². The molecule has 1 aromatic carbocycles. The second kappa shape index (κ2) is 7.77.